The van der Waals surface area contributed by atoms with Gasteiger partial charge in [-0.25, -0.2) is 9.91 Å². The van der Waals surface area contributed by atoms with Crippen LogP contribution in [0.4, 0.5) is 5.69 Å². The summed E-state index contributed by atoms with van der Waals surface area (Å²) in [6.07, 6.45) is -1.12. The third-order valence-electron chi connectivity index (χ3n) is 3.41. The molecule has 1 aliphatic heterocycles. The zero-order valence-electron chi connectivity index (χ0n) is 11.5. The van der Waals surface area contributed by atoms with E-state index >= 15 is 0 Å². The number of hydrogen-bond donors (Lipinski definition) is 2. The van der Waals surface area contributed by atoms with E-state index in [2.05, 4.69) is 4.85 Å². The van der Waals surface area contributed by atoms with Gasteiger partial charge in [-0.15, -0.1) is 0 Å². The fraction of sp³-hybridized carbons (Fsp3) is 0.429. The number of benzene rings is 1. The Bertz CT molecular complexity index is 591. The predicted octanol–water partition coefficient (Wildman–Crippen LogP) is 2.05. The monoisotopic (exact) mass is 276 g/mol. The number of aliphatic hydroxyl groups excluding tert-OH is 1. The van der Waals surface area contributed by atoms with Gasteiger partial charge in [0.25, 0.3) is 0 Å². The first-order chi connectivity index (χ1) is 9.27. The van der Waals surface area contributed by atoms with Crippen LogP contribution < -0.4 is 4.74 Å². The number of hydrogen-bond acceptors (Lipinski definition) is 4. The van der Waals surface area contributed by atoms with Crippen molar-refractivity contribution in [1.29, 1.82) is 0 Å². The first-order valence-electron chi connectivity index (χ1n) is 6.15. The fourth-order valence-electron chi connectivity index (χ4n) is 2.28. The first-order valence-corrected chi connectivity index (χ1v) is 6.15. The lowest BCUT2D eigenvalue weighted by molar-refractivity contribution is -0.201. The molecule has 0 aliphatic carbocycles. The van der Waals surface area contributed by atoms with Crippen molar-refractivity contribution < 1.29 is 19.8 Å². The topological polar surface area (TPSA) is 74.4 Å². The van der Waals surface area contributed by atoms with Gasteiger partial charge in [0.2, 0.25) is 5.91 Å². The molecule has 6 nitrogen and oxygen atoms in total. The smallest absolute Gasteiger partial charge is 0.243 e. The largest absolute Gasteiger partial charge is 0.485 e. The van der Waals surface area contributed by atoms with Crippen LogP contribution in [-0.4, -0.2) is 33.0 Å². The molecule has 0 radical (unpaired) electrons. The Hall–Kier alpha value is -2.10. The summed E-state index contributed by atoms with van der Waals surface area (Å²) >= 11 is 0. The molecule has 2 atom stereocenters. The van der Waals surface area contributed by atoms with Crippen molar-refractivity contribution >= 4 is 11.6 Å². The first kappa shape index (κ1) is 14.3. The lowest BCUT2D eigenvalue weighted by Crippen LogP contribution is -2.53. The molecule has 0 saturated carbocycles. The van der Waals surface area contributed by atoms with Crippen molar-refractivity contribution in [2.75, 3.05) is 0 Å². The number of carbonyl (C=O) groups is 1. The highest BCUT2D eigenvalue weighted by atomic mass is 16.5. The van der Waals surface area contributed by atoms with Crippen molar-refractivity contribution in [3.05, 3.63) is 35.2 Å². The number of nitrogens with zero attached hydrogens (tertiary/aromatic N) is 2. The summed E-state index contributed by atoms with van der Waals surface area (Å²) in [5.41, 5.74) is -0.197. The van der Waals surface area contributed by atoms with Gasteiger partial charge >= 0.3 is 0 Å². The molecule has 1 aliphatic rings. The molecule has 0 spiro atoms. The van der Waals surface area contributed by atoms with Crippen molar-refractivity contribution in [3.8, 4) is 5.75 Å². The summed E-state index contributed by atoms with van der Waals surface area (Å²) in [5.74, 6) is -0.149. The molecule has 1 aromatic rings. The van der Waals surface area contributed by atoms with Gasteiger partial charge in [-0.3, -0.25) is 10.0 Å². The summed E-state index contributed by atoms with van der Waals surface area (Å²) < 4.78 is 5.69. The molecule has 0 saturated heterocycles. The molecule has 20 heavy (non-hydrogen) atoms. The van der Waals surface area contributed by atoms with Gasteiger partial charge in [0, 0.05) is 12.5 Å². The highest BCUT2D eigenvalue weighted by Crippen LogP contribution is 2.43. The second kappa shape index (κ2) is 4.78. The number of carbonyl (C=O) groups excluding carboxylic acids is 1. The second-order valence-corrected chi connectivity index (χ2v) is 5.29. The lowest BCUT2D eigenvalue weighted by Gasteiger charge is -2.44. The van der Waals surface area contributed by atoms with Gasteiger partial charge in [-0.05, 0) is 26.0 Å². The van der Waals surface area contributed by atoms with Crippen LogP contribution in [0.3, 0.4) is 0 Å². The average Bonchev–Trinajstić information content (AvgIpc) is 2.38. The van der Waals surface area contributed by atoms with Crippen molar-refractivity contribution in [3.63, 3.8) is 0 Å². The summed E-state index contributed by atoms with van der Waals surface area (Å²) in [6, 6.07) is 3.74. The molecule has 0 bridgehead atoms. The van der Waals surface area contributed by atoms with Gasteiger partial charge in [-0.1, -0.05) is 6.07 Å². The highest BCUT2D eigenvalue weighted by molar-refractivity contribution is 5.73. The average molecular weight is 276 g/mol. The summed E-state index contributed by atoms with van der Waals surface area (Å²) in [5, 5.41) is 20.8. The van der Waals surface area contributed by atoms with Crippen molar-refractivity contribution in [2.45, 2.75) is 38.5 Å². The number of fused-ring (bicyclic) bond motifs is 1. The molecule has 1 amide bonds. The van der Waals surface area contributed by atoms with E-state index in [-0.39, 0.29) is 0 Å². The van der Waals surface area contributed by atoms with Crippen LogP contribution in [0.2, 0.25) is 0 Å². The normalized spacial score (nSPS) is 23.2. The number of ether oxygens (including phenoxy) is 1. The molecular formula is C14H16N2O4. The molecule has 1 unspecified atom stereocenters. The quantitative estimate of drug-likeness (QED) is 0.467. The minimum Gasteiger partial charge on any atom is -0.485 e. The maximum Gasteiger partial charge on any atom is 0.243 e. The summed E-state index contributed by atoms with van der Waals surface area (Å²) in [6.45, 7) is 11.6. The van der Waals surface area contributed by atoms with Crippen LogP contribution in [0, 0.1) is 6.57 Å². The Morgan fingerprint density at radius 2 is 2.15 bits per heavy atom. The third-order valence-corrected chi connectivity index (χ3v) is 3.41. The van der Waals surface area contributed by atoms with Gasteiger partial charge in [0.1, 0.15) is 23.5 Å². The van der Waals surface area contributed by atoms with E-state index in [9.17, 15) is 15.1 Å². The Balaban J connectivity index is 2.60. The van der Waals surface area contributed by atoms with Crippen LogP contribution in [0.25, 0.3) is 4.85 Å². The molecule has 0 fully saturated rings. The number of aliphatic hydroxyl groups is 1. The summed E-state index contributed by atoms with van der Waals surface area (Å²) in [7, 11) is 0. The van der Waals surface area contributed by atoms with Crippen LogP contribution in [-0.2, 0) is 4.79 Å². The molecule has 1 aromatic carbocycles. The standard InChI is InChI=1S/C14H16N2O4/c1-8(17)16(19)12-10-7-9(15-4)5-6-11(10)20-14(2,3)13(12)18/h5-7,12-13,18-19H,1-3H3/t12?,13-/m0/s1. The zero-order chi connectivity index (χ0) is 15.1. The zero-order valence-corrected chi connectivity index (χ0v) is 11.5. The maximum atomic E-state index is 11.4. The van der Waals surface area contributed by atoms with Crippen LogP contribution in [0.1, 0.15) is 32.4 Å². The minimum atomic E-state index is -1.12. The maximum absolute atomic E-state index is 11.4. The second-order valence-electron chi connectivity index (χ2n) is 5.29. The van der Waals surface area contributed by atoms with Crippen LogP contribution in [0.15, 0.2) is 18.2 Å². The van der Waals surface area contributed by atoms with Gasteiger partial charge in [0.15, 0.2) is 5.69 Å². The molecule has 2 rings (SSSR count). The molecular weight excluding hydrogens is 260 g/mol. The van der Waals surface area contributed by atoms with Gasteiger partial charge in [0.05, 0.1) is 6.57 Å². The Morgan fingerprint density at radius 1 is 1.50 bits per heavy atom. The van der Waals surface area contributed by atoms with E-state index in [1.54, 1.807) is 26.0 Å². The van der Waals surface area contributed by atoms with E-state index in [4.69, 9.17) is 11.3 Å². The highest BCUT2D eigenvalue weighted by Gasteiger charge is 2.46. The van der Waals surface area contributed by atoms with E-state index in [0.717, 1.165) is 0 Å². The van der Waals surface area contributed by atoms with Crippen LogP contribution in [0.5, 0.6) is 5.75 Å². The van der Waals surface area contributed by atoms with Crippen molar-refractivity contribution in [1.82, 2.24) is 5.06 Å². The summed E-state index contributed by atoms with van der Waals surface area (Å²) in [4.78, 5) is 14.7. The minimum absolute atomic E-state index is 0.348. The Morgan fingerprint density at radius 3 is 2.70 bits per heavy atom. The van der Waals surface area contributed by atoms with Gasteiger partial charge < -0.3 is 9.84 Å². The Kier molecular flexibility index (Phi) is 3.42. The Labute approximate surface area is 117 Å². The lowest BCUT2D eigenvalue weighted by atomic mass is 9.86. The molecule has 0 aromatic heterocycles. The van der Waals surface area contributed by atoms with E-state index < -0.39 is 23.7 Å². The van der Waals surface area contributed by atoms with E-state index in [0.29, 0.717) is 22.1 Å². The molecule has 1 heterocycles. The SMILES string of the molecule is [C-]#[N+]c1ccc2c(c1)C(N(O)C(C)=O)[C@H](O)C(C)(C)O2. The van der Waals surface area contributed by atoms with Gasteiger partial charge in [-0.2, -0.15) is 0 Å². The number of hydroxylamine groups is 2. The molecule has 2 N–H and O–H groups in total. The molecule has 106 valence electrons. The van der Waals surface area contributed by atoms with E-state index in [1.165, 1.54) is 13.0 Å². The predicted molar refractivity (Wildman–Crippen MR) is 70.5 cm³/mol. The number of rotatable bonds is 1. The van der Waals surface area contributed by atoms with E-state index in [1.807, 2.05) is 0 Å². The third kappa shape index (κ3) is 2.22. The van der Waals surface area contributed by atoms with Crippen LogP contribution >= 0.6 is 0 Å². The molecule has 6 heteroatoms. The van der Waals surface area contributed by atoms with Crippen molar-refractivity contribution in [2.24, 2.45) is 0 Å². The number of amides is 1. The fourth-order valence-corrected chi connectivity index (χ4v) is 2.28.